The molecule has 0 fully saturated rings. The van der Waals surface area contributed by atoms with Crippen molar-refractivity contribution >= 4 is 11.6 Å². The van der Waals surface area contributed by atoms with Crippen LogP contribution in [0.1, 0.15) is 17.2 Å². The van der Waals surface area contributed by atoms with Gasteiger partial charge in [-0.1, -0.05) is 41.9 Å². The van der Waals surface area contributed by atoms with Crippen molar-refractivity contribution in [2.75, 3.05) is 0 Å². The summed E-state index contributed by atoms with van der Waals surface area (Å²) in [6.07, 6.45) is -0.833. The van der Waals surface area contributed by atoms with Gasteiger partial charge in [-0.2, -0.15) is 0 Å². The molecule has 0 aliphatic heterocycles. The van der Waals surface area contributed by atoms with Crippen LogP contribution in [0.3, 0.4) is 0 Å². The maximum atomic E-state index is 13.7. The molecule has 5 heteroatoms. The smallest absolute Gasteiger partial charge is 0.142 e. The molecule has 0 aliphatic carbocycles. The molecule has 0 spiro atoms. The number of rotatable bonds is 4. The molecule has 20 heavy (non-hydrogen) atoms. The molecule has 2 nitrogen and oxygen atoms in total. The van der Waals surface area contributed by atoms with Crippen LogP contribution in [-0.4, -0.2) is 11.2 Å². The first-order chi connectivity index (χ1) is 9.50. The molecule has 2 aromatic rings. The van der Waals surface area contributed by atoms with Gasteiger partial charge in [-0.3, -0.25) is 0 Å². The maximum Gasteiger partial charge on any atom is 0.142 e. The third-order valence-corrected chi connectivity index (χ3v) is 3.50. The molecule has 2 rings (SSSR count). The fourth-order valence-corrected chi connectivity index (χ4v) is 2.30. The molecular weight excluding hydrogens is 284 g/mol. The molecule has 0 unspecified atom stereocenters. The van der Waals surface area contributed by atoms with Crippen LogP contribution in [0.2, 0.25) is 5.02 Å². The Bertz CT molecular complexity index is 592. The highest BCUT2D eigenvalue weighted by Gasteiger charge is 2.24. The van der Waals surface area contributed by atoms with E-state index in [2.05, 4.69) is 0 Å². The van der Waals surface area contributed by atoms with Gasteiger partial charge >= 0.3 is 0 Å². The zero-order valence-electron chi connectivity index (χ0n) is 10.6. The summed E-state index contributed by atoms with van der Waals surface area (Å²) in [4.78, 5) is 0. The summed E-state index contributed by atoms with van der Waals surface area (Å²) in [7, 11) is 0. The van der Waals surface area contributed by atoms with Gasteiger partial charge in [0.1, 0.15) is 11.6 Å². The average Bonchev–Trinajstić information content (AvgIpc) is 2.44. The molecule has 0 aromatic heterocycles. The molecule has 2 atom stereocenters. The Morgan fingerprint density at radius 1 is 1.05 bits per heavy atom. The number of aliphatic hydroxyl groups is 1. The predicted molar refractivity (Wildman–Crippen MR) is 74.4 cm³/mol. The molecule has 0 aliphatic rings. The lowest BCUT2D eigenvalue weighted by Gasteiger charge is -2.21. The summed E-state index contributed by atoms with van der Waals surface area (Å²) in [5, 5.41) is 9.71. The number of hydrogen-bond acceptors (Lipinski definition) is 2. The zero-order valence-corrected chi connectivity index (χ0v) is 11.3. The minimum atomic E-state index is -1.10. The molecule has 0 bridgehead atoms. The summed E-state index contributed by atoms with van der Waals surface area (Å²) in [6, 6.07) is 9.91. The second-order valence-corrected chi connectivity index (χ2v) is 4.92. The third kappa shape index (κ3) is 3.15. The molecule has 2 aromatic carbocycles. The Hall–Kier alpha value is -1.49. The van der Waals surface area contributed by atoms with Crippen molar-refractivity contribution in [3.8, 4) is 0 Å². The van der Waals surface area contributed by atoms with E-state index >= 15 is 0 Å². The Morgan fingerprint density at radius 3 is 2.30 bits per heavy atom. The highest BCUT2D eigenvalue weighted by atomic mass is 35.5. The molecule has 106 valence electrons. The van der Waals surface area contributed by atoms with Crippen LogP contribution in [0.4, 0.5) is 8.78 Å². The number of halogens is 3. The van der Waals surface area contributed by atoms with Gasteiger partial charge < -0.3 is 10.8 Å². The standard InChI is InChI=1S/C15H14ClF2NO/c16-14-11(18)7-6-10(17)13(14)15(19)12(20)8-9-4-2-1-3-5-9/h1-7,12,15,20H,8,19H2/t12-,15-/m0/s1. The monoisotopic (exact) mass is 297 g/mol. The van der Waals surface area contributed by atoms with Crippen molar-refractivity contribution in [2.24, 2.45) is 5.73 Å². The minimum Gasteiger partial charge on any atom is -0.391 e. The topological polar surface area (TPSA) is 46.2 Å². The predicted octanol–water partition coefficient (Wildman–Crippen LogP) is 3.22. The van der Waals surface area contributed by atoms with Crippen LogP contribution < -0.4 is 5.73 Å². The normalized spacial score (nSPS) is 14.1. The summed E-state index contributed by atoms with van der Waals surface area (Å²) < 4.78 is 27.1. The van der Waals surface area contributed by atoms with Crippen molar-refractivity contribution in [3.63, 3.8) is 0 Å². The summed E-state index contributed by atoms with van der Waals surface area (Å²) in [5.41, 5.74) is 6.47. The van der Waals surface area contributed by atoms with Gasteiger partial charge in [0.25, 0.3) is 0 Å². The van der Waals surface area contributed by atoms with E-state index in [-0.39, 0.29) is 17.0 Å². The van der Waals surface area contributed by atoms with Crippen LogP contribution >= 0.6 is 11.6 Å². The van der Waals surface area contributed by atoms with Crippen molar-refractivity contribution in [3.05, 3.63) is 70.2 Å². The van der Waals surface area contributed by atoms with Gasteiger partial charge in [0.15, 0.2) is 0 Å². The van der Waals surface area contributed by atoms with Gasteiger partial charge in [0.05, 0.1) is 17.2 Å². The van der Waals surface area contributed by atoms with Gasteiger partial charge in [-0.15, -0.1) is 0 Å². The lowest BCUT2D eigenvalue weighted by atomic mass is 9.96. The van der Waals surface area contributed by atoms with Crippen LogP contribution in [0, 0.1) is 11.6 Å². The fourth-order valence-electron chi connectivity index (χ4n) is 2.02. The van der Waals surface area contributed by atoms with Gasteiger partial charge in [0, 0.05) is 12.0 Å². The van der Waals surface area contributed by atoms with E-state index in [1.807, 2.05) is 30.3 Å². The molecule has 0 heterocycles. The van der Waals surface area contributed by atoms with Crippen LogP contribution in [0.5, 0.6) is 0 Å². The second-order valence-electron chi connectivity index (χ2n) is 4.54. The van der Waals surface area contributed by atoms with Crippen molar-refractivity contribution in [1.82, 2.24) is 0 Å². The largest absolute Gasteiger partial charge is 0.391 e. The van der Waals surface area contributed by atoms with E-state index in [1.165, 1.54) is 0 Å². The number of benzene rings is 2. The van der Waals surface area contributed by atoms with Crippen LogP contribution in [0.15, 0.2) is 42.5 Å². The first kappa shape index (κ1) is 14.9. The lowest BCUT2D eigenvalue weighted by Crippen LogP contribution is -2.29. The first-order valence-electron chi connectivity index (χ1n) is 6.11. The fraction of sp³-hybridized carbons (Fsp3) is 0.200. The Morgan fingerprint density at radius 2 is 1.65 bits per heavy atom. The van der Waals surface area contributed by atoms with E-state index in [1.54, 1.807) is 0 Å². The van der Waals surface area contributed by atoms with Crippen molar-refractivity contribution in [2.45, 2.75) is 18.6 Å². The quantitative estimate of drug-likeness (QED) is 0.851. The van der Waals surface area contributed by atoms with E-state index < -0.39 is 23.8 Å². The summed E-state index contributed by atoms with van der Waals surface area (Å²) in [5.74, 6) is -1.48. The van der Waals surface area contributed by atoms with E-state index in [9.17, 15) is 13.9 Å². The highest BCUT2D eigenvalue weighted by Crippen LogP contribution is 2.29. The van der Waals surface area contributed by atoms with E-state index in [4.69, 9.17) is 17.3 Å². The molecule has 0 amide bonds. The number of hydrogen-bond donors (Lipinski definition) is 2. The Balaban J connectivity index is 2.23. The van der Waals surface area contributed by atoms with Gasteiger partial charge in [0.2, 0.25) is 0 Å². The van der Waals surface area contributed by atoms with E-state index in [0.29, 0.717) is 0 Å². The number of aliphatic hydroxyl groups excluding tert-OH is 1. The highest BCUT2D eigenvalue weighted by molar-refractivity contribution is 6.31. The molecule has 0 saturated heterocycles. The zero-order chi connectivity index (χ0) is 14.7. The Labute approximate surface area is 120 Å². The molecule has 0 radical (unpaired) electrons. The van der Waals surface area contributed by atoms with Gasteiger partial charge in [-0.25, -0.2) is 8.78 Å². The van der Waals surface area contributed by atoms with Crippen molar-refractivity contribution < 1.29 is 13.9 Å². The lowest BCUT2D eigenvalue weighted by molar-refractivity contribution is 0.143. The van der Waals surface area contributed by atoms with Crippen LogP contribution in [-0.2, 0) is 6.42 Å². The second kappa shape index (κ2) is 6.31. The summed E-state index contributed by atoms with van der Waals surface area (Å²) >= 11 is 5.73. The number of nitrogens with two attached hydrogens (primary N) is 1. The molecule has 3 N–H and O–H groups in total. The maximum absolute atomic E-state index is 13.7. The van der Waals surface area contributed by atoms with E-state index in [0.717, 1.165) is 17.7 Å². The van der Waals surface area contributed by atoms with Crippen molar-refractivity contribution in [1.29, 1.82) is 0 Å². The average molecular weight is 298 g/mol. The Kier molecular flexibility index (Phi) is 4.70. The molecular formula is C15H14ClF2NO. The first-order valence-corrected chi connectivity index (χ1v) is 6.49. The minimum absolute atomic E-state index is 0.199. The SMILES string of the molecule is N[C@H](c1c(F)ccc(F)c1Cl)[C@@H](O)Cc1ccccc1. The van der Waals surface area contributed by atoms with Gasteiger partial charge in [-0.05, 0) is 17.7 Å². The molecule has 0 saturated carbocycles. The van der Waals surface area contributed by atoms with Crippen LogP contribution in [0.25, 0.3) is 0 Å². The summed E-state index contributed by atoms with van der Waals surface area (Å²) in [6.45, 7) is 0. The third-order valence-electron chi connectivity index (χ3n) is 3.11.